The first-order valence-corrected chi connectivity index (χ1v) is 12.1. The Morgan fingerprint density at radius 2 is 1.58 bits per heavy atom. The molecule has 0 aromatic heterocycles. The Hall–Kier alpha value is -3.74. The third kappa shape index (κ3) is 4.83. The van der Waals surface area contributed by atoms with Crippen molar-refractivity contribution in [1.29, 1.82) is 0 Å². The third-order valence-corrected chi connectivity index (χ3v) is 6.72. The van der Waals surface area contributed by atoms with Crippen molar-refractivity contribution >= 4 is 11.8 Å². The second-order valence-electron chi connectivity index (χ2n) is 9.36. The Morgan fingerprint density at radius 3 is 2.19 bits per heavy atom. The van der Waals surface area contributed by atoms with Gasteiger partial charge in [0.15, 0.2) is 17.3 Å². The lowest BCUT2D eigenvalue weighted by molar-refractivity contribution is -0.143. The Balaban J connectivity index is 1.80. The van der Waals surface area contributed by atoms with Crippen LogP contribution in [0.2, 0.25) is 0 Å². The van der Waals surface area contributed by atoms with Crippen molar-refractivity contribution in [3.63, 3.8) is 0 Å². The van der Waals surface area contributed by atoms with Crippen LogP contribution in [0.5, 0.6) is 17.2 Å². The van der Waals surface area contributed by atoms with Crippen LogP contribution >= 0.6 is 0 Å². The van der Waals surface area contributed by atoms with Crippen molar-refractivity contribution in [2.45, 2.75) is 51.6 Å². The average Bonchev–Trinajstić information content (AvgIpc) is 2.86. The monoisotopic (exact) mass is 491 g/mol. The normalized spacial score (nSPS) is 19.6. The van der Waals surface area contributed by atoms with Gasteiger partial charge >= 0.3 is 5.97 Å². The Labute approximate surface area is 212 Å². The molecule has 190 valence electrons. The zero-order chi connectivity index (χ0) is 26.0. The standard InChI is InChI=1S/C29H33NO6/c1-16(2)36-29(32)26-17(3)30-22-13-20(18-7-10-21(33-4)11-8-18)14-23(31)28(22)27(26)19-9-12-24(34-5)25(15-19)35-6/h7-12,15-16,20,27,30H,13-14H2,1-6H3/t20-,27+/m1/s1. The lowest BCUT2D eigenvalue weighted by atomic mass is 9.71. The van der Waals surface area contributed by atoms with Gasteiger partial charge in [-0.15, -0.1) is 0 Å². The van der Waals surface area contributed by atoms with E-state index in [-0.39, 0.29) is 17.8 Å². The minimum absolute atomic E-state index is 0.00620. The van der Waals surface area contributed by atoms with Crippen molar-refractivity contribution in [1.82, 2.24) is 5.32 Å². The van der Waals surface area contributed by atoms with Crippen molar-refractivity contribution in [3.8, 4) is 17.2 Å². The van der Waals surface area contributed by atoms with Gasteiger partial charge in [0.1, 0.15) is 5.75 Å². The Morgan fingerprint density at radius 1 is 0.917 bits per heavy atom. The maximum Gasteiger partial charge on any atom is 0.337 e. The van der Waals surface area contributed by atoms with E-state index in [1.54, 1.807) is 27.4 Å². The highest BCUT2D eigenvalue weighted by atomic mass is 16.5. The molecule has 0 spiro atoms. The van der Waals surface area contributed by atoms with Gasteiger partial charge in [0, 0.05) is 29.3 Å². The number of dihydropyridines is 1. The number of allylic oxidation sites excluding steroid dienone is 3. The second kappa shape index (κ2) is 10.5. The average molecular weight is 492 g/mol. The van der Waals surface area contributed by atoms with E-state index in [1.807, 2.05) is 57.2 Å². The van der Waals surface area contributed by atoms with Gasteiger partial charge in [0.05, 0.1) is 33.0 Å². The number of hydrogen-bond donors (Lipinski definition) is 1. The SMILES string of the molecule is COc1ccc([C@H]2CC(=O)C3=C(C2)NC(C)=C(C(=O)OC(C)C)[C@@H]3c2ccc(OC)c(OC)c2)cc1. The van der Waals surface area contributed by atoms with E-state index < -0.39 is 11.9 Å². The molecule has 0 amide bonds. The van der Waals surface area contributed by atoms with Gasteiger partial charge in [0.2, 0.25) is 0 Å². The fourth-order valence-corrected chi connectivity index (χ4v) is 5.06. The molecule has 1 N–H and O–H groups in total. The molecule has 0 fully saturated rings. The fraction of sp³-hybridized carbons (Fsp3) is 0.379. The molecule has 0 bridgehead atoms. The van der Waals surface area contributed by atoms with Crippen LogP contribution in [0.1, 0.15) is 56.6 Å². The quantitative estimate of drug-likeness (QED) is 0.544. The molecule has 7 nitrogen and oxygen atoms in total. The molecule has 0 saturated carbocycles. The number of carbonyl (C=O) groups is 2. The first kappa shape index (κ1) is 25.4. The molecule has 2 aromatic rings. The highest BCUT2D eigenvalue weighted by Crippen LogP contribution is 2.47. The van der Waals surface area contributed by atoms with Crippen LogP contribution in [0.3, 0.4) is 0 Å². The number of nitrogens with one attached hydrogen (secondary N) is 1. The molecule has 7 heteroatoms. The van der Waals surface area contributed by atoms with Crippen LogP contribution in [0.4, 0.5) is 0 Å². The van der Waals surface area contributed by atoms with Crippen molar-refractivity contribution in [3.05, 3.63) is 76.1 Å². The summed E-state index contributed by atoms with van der Waals surface area (Å²) in [5, 5.41) is 3.38. The van der Waals surface area contributed by atoms with Crippen LogP contribution in [0.25, 0.3) is 0 Å². The van der Waals surface area contributed by atoms with Gasteiger partial charge in [-0.2, -0.15) is 0 Å². The summed E-state index contributed by atoms with van der Waals surface area (Å²) >= 11 is 0. The summed E-state index contributed by atoms with van der Waals surface area (Å²) in [6.45, 7) is 5.48. The molecule has 4 rings (SSSR count). The molecule has 0 radical (unpaired) electrons. The van der Waals surface area contributed by atoms with E-state index in [4.69, 9.17) is 18.9 Å². The van der Waals surface area contributed by atoms with E-state index >= 15 is 0 Å². The number of esters is 1. The Kier molecular flexibility index (Phi) is 7.38. The van der Waals surface area contributed by atoms with Crippen molar-refractivity contribution in [2.75, 3.05) is 21.3 Å². The maximum atomic E-state index is 13.7. The number of ketones is 1. The first-order chi connectivity index (χ1) is 17.3. The second-order valence-corrected chi connectivity index (χ2v) is 9.36. The molecule has 2 aliphatic rings. The number of rotatable bonds is 7. The van der Waals surface area contributed by atoms with E-state index in [0.717, 1.165) is 22.6 Å². The van der Waals surface area contributed by atoms with Crippen molar-refractivity contribution < 1.29 is 28.5 Å². The van der Waals surface area contributed by atoms with Crippen molar-refractivity contribution in [2.24, 2.45) is 0 Å². The van der Waals surface area contributed by atoms with Gasteiger partial charge in [-0.05, 0) is 68.5 Å². The van der Waals surface area contributed by atoms with Gasteiger partial charge in [0.25, 0.3) is 0 Å². The molecule has 1 aliphatic carbocycles. The summed E-state index contributed by atoms with van der Waals surface area (Å²) in [5.41, 5.74) is 4.41. The summed E-state index contributed by atoms with van der Waals surface area (Å²) in [6.07, 6.45) is 0.712. The first-order valence-electron chi connectivity index (χ1n) is 12.1. The number of carbonyl (C=O) groups excluding carboxylic acids is 2. The highest BCUT2D eigenvalue weighted by Gasteiger charge is 2.41. The minimum atomic E-state index is -0.573. The molecule has 1 aliphatic heterocycles. The highest BCUT2D eigenvalue weighted by molar-refractivity contribution is 6.04. The Bertz CT molecular complexity index is 1220. The topological polar surface area (TPSA) is 83.1 Å². The number of ether oxygens (including phenoxy) is 4. The summed E-state index contributed by atoms with van der Waals surface area (Å²) < 4.78 is 21.8. The maximum absolute atomic E-state index is 13.7. The van der Waals surface area contributed by atoms with E-state index in [2.05, 4.69) is 5.32 Å². The van der Waals surface area contributed by atoms with E-state index in [0.29, 0.717) is 41.2 Å². The molecular weight excluding hydrogens is 458 g/mol. The molecular formula is C29H33NO6. The predicted molar refractivity (Wildman–Crippen MR) is 136 cm³/mol. The van der Waals surface area contributed by atoms with Gasteiger partial charge in [-0.25, -0.2) is 4.79 Å². The van der Waals surface area contributed by atoms with Crippen LogP contribution in [0.15, 0.2) is 65.0 Å². The number of hydrogen-bond acceptors (Lipinski definition) is 7. The number of benzene rings is 2. The molecule has 1 heterocycles. The minimum Gasteiger partial charge on any atom is -0.497 e. The lowest BCUT2D eigenvalue weighted by Crippen LogP contribution is -2.36. The van der Waals surface area contributed by atoms with Gasteiger partial charge in [-0.3, -0.25) is 4.79 Å². The zero-order valence-electron chi connectivity index (χ0n) is 21.6. The van der Waals surface area contributed by atoms with E-state index in [9.17, 15) is 9.59 Å². The summed E-state index contributed by atoms with van der Waals surface area (Å²) in [4.78, 5) is 27.0. The van der Waals surface area contributed by atoms with Gasteiger partial charge in [-0.1, -0.05) is 18.2 Å². The number of methoxy groups -OCH3 is 3. The molecule has 36 heavy (non-hydrogen) atoms. The molecule has 0 unspecified atom stereocenters. The zero-order valence-corrected chi connectivity index (χ0v) is 21.6. The smallest absolute Gasteiger partial charge is 0.337 e. The summed E-state index contributed by atoms with van der Waals surface area (Å²) in [5.74, 6) is 0.903. The van der Waals surface area contributed by atoms with Crippen LogP contribution in [-0.4, -0.2) is 39.2 Å². The van der Waals surface area contributed by atoms with Crippen LogP contribution in [-0.2, 0) is 14.3 Å². The fourth-order valence-electron chi connectivity index (χ4n) is 5.06. The van der Waals surface area contributed by atoms with Gasteiger partial charge < -0.3 is 24.3 Å². The molecule has 2 atom stereocenters. The lowest BCUT2D eigenvalue weighted by Gasteiger charge is -2.37. The summed E-state index contributed by atoms with van der Waals surface area (Å²) in [7, 11) is 4.77. The van der Waals surface area contributed by atoms with Crippen LogP contribution in [0, 0.1) is 0 Å². The molecule has 2 aromatic carbocycles. The summed E-state index contributed by atoms with van der Waals surface area (Å²) in [6, 6.07) is 13.3. The predicted octanol–water partition coefficient (Wildman–Crippen LogP) is 5.03. The van der Waals surface area contributed by atoms with Crippen LogP contribution < -0.4 is 19.5 Å². The molecule has 0 saturated heterocycles. The largest absolute Gasteiger partial charge is 0.497 e. The number of Topliss-reactive ketones (excluding diaryl/α,β-unsaturated/α-hetero) is 1. The van der Waals surface area contributed by atoms with E-state index in [1.165, 1.54) is 0 Å². The third-order valence-electron chi connectivity index (χ3n) is 6.72.